The minimum absolute atomic E-state index is 0. The van der Waals surface area contributed by atoms with Crippen molar-refractivity contribution in [1.29, 1.82) is 0 Å². The van der Waals surface area contributed by atoms with E-state index in [1.165, 1.54) is 0 Å². The molecule has 1 aliphatic heterocycles. The zero-order chi connectivity index (χ0) is 13.7. The van der Waals surface area contributed by atoms with Gasteiger partial charge in [0.1, 0.15) is 5.60 Å². The van der Waals surface area contributed by atoms with Gasteiger partial charge in [-0.05, 0) is 44.5 Å². The van der Waals surface area contributed by atoms with Crippen LogP contribution in [0.1, 0.15) is 24.1 Å². The van der Waals surface area contributed by atoms with Crippen molar-refractivity contribution in [2.75, 3.05) is 20.2 Å². The highest BCUT2D eigenvalue weighted by atomic mass is 35.5. The number of carbonyl (C=O) groups excluding carboxylic acids is 1. The number of aryl methyl sites for hydroxylation is 1. The summed E-state index contributed by atoms with van der Waals surface area (Å²) in [7, 11) is 1.61. The third-order valence-corrected chi connectivity index (χ3v) is 3.75. The molecule has 1 saturated heterocycles. The molecular weight excluding hydrogens is 313 g/mol. The molecule has 0 aromatic carbocycles. The number of nitrogens with zero attached hydrogens (tertiary/aromatic N) is 1. The minimum Gasteiger partial charge on any atom is -0.368 e. The van der Waals surface area contributed by atoms with Gasteiger partial charge in [-0.2, -0.15) is 0 Å². The van der Waals surface area contributed by atoms with Gasteiger partial charge in [-0.1, -0.05) is 6.07 Å². The van der Waals surface area contributed by atoms with E-state index < -0.39 is 5.60 Å². The number of ether oxygens (including phenoxy) is 1. The molecule has 0 unspecified atom stereocenters. The molecule has 0 atom stereocenters. The van der Waals surface area contributed by atoms with Crippen LogP contribution >= 0.6 is 24.8 Å². The van der Waals surface area contributed by atoms with Crippen molar-refractivity contribution in [3.63, 3.8) is 0 Å². The van der Waals surface area contributed by atoms with Crippen molar-refractivity contribution in [2.24, 2.45) is 0 Å². The van der Waals surface area contributed by atoms with Gasteiger partial charge in [0.15, 0.2) is 0 Å². The Morgan fingerprint density at radius 2 is 2.10 bits per heavy atom. The van der Waals surface area contributed by atoms with Crippen LogP contribution in [0.2, 0.25) is 0 Å². The molecule has 7 heteroatoms. The van der Waals surface area contributed by atoms with Gasteiger partial charge in [0.05, 0.1) is 12.2 Å². The van der Waals surface area contributed by atoms with Crippen LogP contribution in [-0.4, -0.2) is 36.7 Å². The number of hydrogen-bond acceptors (Lipinski definition) is 4. The summed E-state index contributed by atoms with van der Waals surface area (Å²) in [6, 6.07) is 3.88. The Kier molecular flexibility index (Phi) is 8.82. The van der Waals surface area contributed by atoms with Crippen LogP contribution in [0, 0.1) is 6.92 Å². The van der Waals surface area contributed by atoms with E-state index in [2.05, 4.69) is 15.6 Å². The molecule has 1 amide bonds. The van der Waals surface area contributed by atoms with Crippen molar-refractivity contribution in [1.82, 2.24) is 15.6 Å². The lowest BCUT2D eigenvalue weighted by Crippen LogP contribution is -2.54. The normalized spacial score (nSPS) is 16.3. The Balaban J connectivity index is 0.00000200. The van der Waals surface area contributed by atoms with E-state index in [0.717, 1.165) is 24.3 Å². The van der Waals surface area contributed by atoms with Gasteiger partial charge < -0.3 is 15.4 Å². The molecule has 1 fully saturated rings. The van der Waals surface area contributed by atoms with E-state index in [0.29, 0.717) is 19.4 Å². The molecular formula is C14H23Cl2N3O2. The van der Waals surface area contributed by atoms with Gasteiger partial charge in [0.2, 0.25) is 0 Å². The van der Waals surface area contributed by atoms with Crippen LogP contribution in [0.15, 0.2) is 18.3 Å². The van der Waals surface area contributed by atoms with Crippen molar-refractivity contribution in [3.05, 3.63) is 29.6 Å². The van der Waals surface area contributed by atoms with Crippen molar-refractivity contribution in [2.45, 2.75) is 31.9 Å². The lowest BCUT2D eigenvalue weighted by molar-refractivity contribution is -0.146. The van der Waals surface area contributed by atoms with Gasteiger partial charge in [-0.15, -0.1) is 24.8 Å². The van der Waals surface area contributed by atoms with E-state index in [1.54, 1.807) is 13.3 Å². The lowest BCUT2D eigenvalue weighted by atomic mass is 9.91. The van der Waals surface area contributed by atoms with E-state index in [1.807, 2.05) is 19.1 Å². The summed E-state index contributed by atoms with van der Waals surface area (Å²) in [5.41, 5.74) is 1.30. The molecule has 120 valence electrons. The highest BCUT2D eigenvalue weighted by Gasteiger charge is 2.39. The number of methoxy groups -OCH3 is 1. The Labute approximate surface area is 138 Å². The summed E-state index contributed by atoms with van der Waals surface area (Å²) in [4.78, 5) is 16.6. The quantitative estimate of drug-likeness (QED) is 0.877. The first-order valence-corrected chi connectivity index (χ1v) is 6.62. The highest BCUT2D eigenvalue weighted by molar-refractivity contribution is 5.86. The maximum absolute atomic E-state index is 12.3. The molecule has 0 aliphatic carbocycles. The van der Waals surface area contributed by atoms with E-state index >= 15 is 0 Å². The van der Waals surface area contributed by atoms with Crippen LogP contribution in [0.4, 0.5) is 0 Å². The summed E-state index contributed by atoms with van der Waals surface area (Å²) in [5.74, 6) is -0.0402. The number of carbonyl (C=O) groups is 1. The van der Waals surface area contributed by atoms with Crippen LogP contribution in [-0.2, 0) is 16.1 Å². The Bertz CT molecular complexity index is 452. The zero-order valence-corrected chi connectivity index (χ0v) is 14.0. The maximum atomic E-state index is 12.3. The molecule has 0 saturated carbocycles. The van der Waals surface area contributed by atoms with E-state index in [-0.39, 0.29) is 30.7 Å². The van der Waals surface area contributed by atoms with Gasteiger partial charge in [0, 0.05) is 13.3 Å². The molecule has 2 rings (SSSR count). The number of hydrogen-bond donors (Lipinski definition) is 2. The van der Waals surface area contributed by atoms with Crippen LogP contribution in [0.5, 0.6) is 0 Å². The summed E-state index contributed by atoms with van der Waals surface area (Å²) in [6.45, 7) is 4.06. The zero-order valence-electron chi connectivity index (χ0n) is 12.3. The number of amides is 1. The summed E-state index contributed by atoms with van der Waals surface area (Å²) >= 11 is 0. The average molecular weight is 336 g/mol. The average Bonchev–Trinajstić information content (AvgIpc) is 2.46. The third-order valence-electron chi connectivity index (χ3n) is 3.75. The van der Waals surface area contributed by atoms with Crippen molar-refractivity contribution >= 4 is 30.7 Å². The molecule has 5 nitrogen and oxygen atoms in total. The SMILES string of the molecule is COC1(C(=O)NCc2ncccc2C)CCNCC1.Cl.Cl. The fourth-order valence-corrected chi connectivity index (χ4v) is 2.38. The van der Waals surface area contributed by atoms with Crippen LogP contribution in [0.3, 0.4) is 0 Å². The molecule has 21 heavy (non-hydrogen) atoms. The van der Waals surface area contributed by atoms with Crippen LogP contribution < -0.4 is 10.6 Å². The molecule has 1 aromatic heterocycles. The number of rotatable bonds is 4. The second kappa shape index (κ2) is 9.20. The molecule has 0 spiro atoms. The predicted molar refractivity (Wildman–Crippen MR) is 87.2 cm³/mol. The maximum Gasteiger partial charge on any atom is 0.252 e. The first-order valence-electron chi connectivity index (χ1n) is 6.62. The number of pyridine rings is 1. The summed E-state index contributed by atoms with van der Waals surface area (Å²) < 4.78 is 5.49. The lowest BCUT2D eigenvalue weighted by Gasteiger charge is -2.34. The molecule has 0 radical (unpaired) electrons. The first-order chi connectivity index (χ1) is 9.18. The van der Waals surface area contributed by atoms with E-state index in [4.69, 9.17) is 4.74 Å². The molecule has 1 aliphatic rings. The number of nitrogens with one attached hydrogen (secondary N) is 2. The second-order valence-electron chi connectivity index (χ2n) is 4.90. The topological polar surface area (TPSA) is 63.2 Å². The first kappa shape index (κ1) is 20.1. The monoisotopic (exact) mass is 335 g/mol. The Hall–Kier alpha value is -0.880. The van der Waals surface area contributed by atoms with Crippen LogP contribution in [0.25, 0.3) is 0 Å². The summed E-state index contributed by atoms with van der Waals surface area (Å²) in [6.07, 6.45) is 3.15. The standard InChI is InChI=1S/C14H21N3O2.2ClH/c1-11-4-3-7-16-12(11)10-17-13(18)14(19-2)5-8-15-9-6-14;;/h3-4,7,15H,5-6,8-10H2,1-2H3,(H,17,18);2*1H. The largest absolute Gasteiger partial charge is 0.368 e. The molecule has 2 N–H and O–H groups in total. The minimum atomic E-state index is -0.687. The molecule has 2 heterocycles. The predicted octanol–water partition coefficient (Wildman–Crippen LogP) is 1.62. The fourth-order valence-electron chi connectivity index (χ4n) is 2.38. The number of aromatic nitrogens is 1. The number of halogens is 2. The fraction of sp³-hybridized carbons (Fsp3) is 0.571. The molecule has 0 bridgehead atoms. The highest BCUT2D eigenvalue weighted by Crippen LogP contribution is 2.22. The van der Waals surface area contributed by atoms with Gasteiger partial charge in [0.25, 0.3) is 5.91 Å². The van der Waals surface area contributed by atoms with Crippen molar-refractivity contribution in [3.8, 4) is 0 Å². The van der Waals surface area contributed by atoms with Gasteiger partial charge >= 0.3 is 0 Å². The van der Waals surface area contributed by atoms with Crippen molar-refractivity contribution < 1.29 is 9.53 Å². The Morgan fingerprint density at radius 3 is 2.67 bits per heavy atom. The summed E-state index contributed by atoms with van der Waals surface area (Å²) in [5, 5.41) is 6.19. The smallest absolute Gasteiger partial charge is 0.252 e. The molecule has 1 aromatic rings. The Morgan fingerprint density at radius 1 is 1.43 bits per heavy atom. The van der Waals surface area contributed by atoms with E-state index in [9.17, 15) is 4.79 Å². The van der Waals surface area contributed by atoms with Gasteiger partial charge in [-0.3, -0.25) is 9.78 Å². The number of piperidine rings is 1. The van der Waals surface area contributed by atoms with Gasteiger partial charge in [-0.25, -0.2) is 0 Å². The second-order valence-corrected chi connectivity index (χ2v) is 4.90. The third kappa shape index (κ3) is 4.81.